The summed E-state index contributed by atoms with van der Waals surface area (Å²) < 4.78 is 0. The van der Waals surface area contributed by atoms with E-state index in [0.717, 1.165) is 13.1 Å². The standard InChI is InChI=1S/C6H17N5/c1-8-6(10-7)9-4-5-11(2)3/h4-5,7H2,1-3H3,(H2,8,9,10). The lowest BCUT2D eigenvalue weighted by Gasteiger charge is -2.11. The Balaban J connectivity index is 3.37. The summed E-state index contributed by atoms with van der Waals surface area (Å²) in [5.41, 5.74) is 2.45. The molecule has 0 saturated carbocycles. The number of likely N-dealkylation sites (N-methyl/N-ethyl adjacent to an activating group) is 1. The van der Waals surface area contributed by atoms with Crippen molar-refractivity contribution in [2.45, 2.75) is 0 Å². The fourth-order valence-electron chi connectivity index (χ4n) is 0.593. The molecule has 0 aliphatic rings. The first-order valence-corrected chi connectivity index (χ1v) is 3.52. The summed E-state index contributed by atoms with van der Waals surface area (Å²) >= 11 is 0. The minimum Gasteiger partial charge on any atom is -0.354 e. The first kappa shape index (κ1) is 10.2. The predicted molar refractivity (Wildman–Crippen MR) is 47.2 cm³/mol. The Labute approximate surface area is 67.6 Å². The van der Waals surface area contributed by atoms with Crippen LogP contribution >= 0.6 is 0 Å². The molecule has 66 valence electrons. The maximum Gasteiger partial charge on any atom is 0.205 e. The molecule has 5 nitrogen and oxygen atoms in total. The van der Waals surface area contributed by atoms with Gasteiger partial charge in [0.05, 0.1) is 0 Å². The van der Waals surface area contributed by atoms with Gasteiger partial charge in [-0.2, -0.15) is 0 Å². The van der Waals surface area contributed by atoms with Crippen LogP contribution < -0.4 is 16.6 Å². The van der Waals surface area contributed by atoms with Gasteiger partial charge in [0.1, 0.15) is 0 Å². The third-order valence-electron chi connectivity index (χ3n) is 1.21. The number of hydrogen-bond acceptors (Lipinski definition) is 3. The van der Waals surface area contributed by atoms with Crippen molar-refractivity contribution in [3.8, 4) is 0 Å². The average Bonchev–Trinajstić information content (AvgIpc) is 1.98. The van der Waals surface area contributed by atoms with Crippen LogP contribution in [0.1, 0.15) is 0 Å². The third-order valence-corrected chi connectivity index (χ3v) is 1.21. The number of hydrazine groups is 1. The van der Waals surface area contributed by atoms with Crippen LogP contribution in [0.3, 0.4) is 0 Å². The highest BCUT2D eigenvalue weighted by atomic mass is 15.3. The predicted octanol–water partition coefficient (Wildman–Crippen LogP) is -1.41. The Morgan fingerprint density at radius 2 is 2.18 bits per heavy atom. The molecule has 0 aromatic carbocycles. The van der Waals surface area contributed by atoms with Crippen LogP contribution in [-0.4, -0.2) is 45.1 Å². The van der Waals surface area contributed by atoms with Crippen LogP contribution in [0.4, 0.5) is 0 Å². The van der Waals surface area contributed by atoms with Gasteiger partial charge in [-0.3, -0.25) is 10.4 Å². The largest absolute Gasteiger partial charge is 0.354 e. The highest BCUT2D eigenvalue weighted by Crippen LogP contribution is 1.70. The molecule has 0 aliphatic heterocycles. The van der Waals surface area contributed by atoms with Gasteiger partial charge < -0.3 is 10.2 Å². The molecule has 0 bridgehead atoms. The molecule has 0 aromatic heterocycles. The number of aliphatic imine (C=N–C) groups is 1. The van der Waals surface area contributed by atoms with Gasteiger partial charge in [-0.05, 0) is 14.1 Å². The van der Waals surface area contributed by atoms with E-state index in [1.54, 1.807) is 7.05 Å². The number of rotatable bonds is 3. The van der Waals surface area contributed by atoms with Gasteiger partial charge in [0.2, 0.25) is 5.96 Å². The molecule has 5 heteroatoms. The van der Waals surface area contributed by atoms with Gasteiger partial charge in [-0.25, -0.2) is 5.84 Å². The number of nitrogens with zero attached hydrogens (tertiary/aromatic N) is 2. The Morgan fingerprint density at radius 1 is 1.55 bits per heavy atom. The van der Waals surface area contributed by atoms with Crippen LogP contribution in [-0.2, 0) is 0 Å². The van der Waals surface area contributed by atoms with Gasteiger partial charge in [0.25, 0.3) is 0 Å². The van der Waals surface area contributed by atoms with Crippen molar-refractivity contribution in [2.75, 3.05) is 34.2 Å². The summed E-state index contributed by atoms with van der Waals surface area (Å²) in [7, 11) is 5.71. The van der Waals surface area contributed by atoms with Crippen LogP contribution in [0, 0.1) is 0 Å². The third kappa shape index (κ3) is 5.63. The maximum atomic E-state index is 5.14. The van der Waals surface area contributed by atoms with Crippen LogP contribution in [0.15, 0.2) is 4.99 Å². The Bertz CT molecular complexity index is 120. The van der Waals surface area contributed by atoms with E-state index in [0.29, 0.717) is 5.96 Å². The second-order valence-electron chi connectivity index (χ2n) is 2.45. The topological polar surface area (TPSA) is 65.7 Å². The monoisotopic (exact) mass is 159 g/mol. The van der Waals surface area contributed by atoms with E-state index < -0.39 is 0 Å². The first-order chi connectivity index (χ1) is 5.20. The fraction of sp³-hybridized carbons (Fsp3) is 0.833. The molecule has 0 fully saturated rings. The minimum atomic E-state index is 0.617. The number of guanidine groups is 1. The second-order valence-corrected chi connectivity index (χ2v) is 2.45. The van der Waals surface area contributed by atoms with Crippen molar-refractivity contribution in [3.05, 3.63) is 0 Å². The van der Waals surface area contributed by atoms with Crippen molar-refractivity contribution < 1.29 is 0 Å². The zero-order chi connectivity index (χ0) is 8.69. The van der Waals surface area contributed by atoms with E-state index in [2.05, 4.69) is 20.6 Å². The summed E-state index contributed by atoms with van der Waals surface area (Å²) in [5, 5.41) is 3.02. The summed E-state index contributed by atoms with van der Waals surface area (Å²) in [6.45, 7) is 1.80. The number of hydrogen-bond donors (Lipinski definition) is 3. The van der Waals surface area contributed by atoms with E-state index in [1.165, 1.54) is 0 Å². The molecular formula is C6H17N5. The minimum absolute atomic E-state index is 0.617. The summed E-state index contributed by atoms with van der Waals surface area (Å²) in [4.78, 5) is 5.93. The smallest absolute Gasteiger partial charge is 0.205 e. The molecule has 0 radical (unpaired) electrons. The molecule has 0 rings (SSSR count). The van der Waals surface area contributed by atoms with E-state index in [9.17, 15) is 0 Å². The molecule has 4 N–H and O–H groups in total. The molecule has 0 spiro atoms. The maximum absolute atomic E-state index is 5.14. The highest BCUT2D eigenvalue weighted by molar-refractivity contribution is 5.78. The summed E-state index contributed by atoms with van der Waals surface area (Å²) in [6, 6.07) is 0. The quantitative estimate of drug-likeness (QED) is 0.205. The van der Waals surface area contributed by atoms with E-state index in [-0.39, 0.29) is 0 Å². The summed E-state index contributed by atoms with van der Waals surface area (Å²) in [6.07, 6.45) is 0. The fourth-order valence-corrected chi connectivity index (χ4v) is 0.593. The molecule has 0 heterocycles. The normalized spacial score (nSPS) is 11.9. The molecule has 11 heavy (non-hydrogen) atoms. The number of nitrogens with two attached hydrogens (primary N) is 1. The molecular weight excluding hydrogens is 142 g/mol. The molecule has 0 amide bonds. The molecule has 0 aromatic rings. The van der Waals surface area contributed by atoms with Crippen LogP contribution in [0.25, 0.3) is 0 Å². The van der Waals surface area contributed by atoms with E-state index in [1.807, 2.05) is 14.1 Å². The Hall–Kier alpha value is -0.810. The van der Waals surface area contributed by atoms with Gasteiger partial charge in [-0.1, -0.05) is 0 Å². The zero-order valence-electron chi connectivity index (χ0n) is 7.39. The van der Waals surface area contributed by atoms with E-state index in [4.69, 9.17) is 5.84 Å². The van der Waals surface area contributed by atoms with Crippen LogP contribution in [0.5, 0.6) is 0 Å². The van der Waals surface area contributed by atoms with Gasteiger partial charge in [-0.15, -0.1) is 0 Å². The highest BCUT2D eigenvalue weighted by Gasteiger charge is 1.92. The van der Waals surface area contributed by atoms with Crippen molar-refractivity contribution in [1.29, 1.82) is 0 Å². The molecule has 0 atom stereocenters. The van der Waals surface area contributed by atoms with E-state index >= 15 is 0 Å². The number of nitrogens with one attached hydrogen (secondary N) is 2. The lowest BCUT2D eigenvalue weighted by Crippen LogP contribution is -2.43. The van der Waals surface area contributed by atoms with Crippen LogP contribution in [0.2, 0.25) is 0 Å². The zero-order valence-corrected chi connectivity index (χ0v) is 7.39. The van der Waals surface area contributed by atoms with Crippen molar-refractivity contribution in [1.82, 2.24) is 15.6 Å². The first-order valence-electron chi connectivity index (χ1n) is 3.52. The van der Waals surface area contributed by atoms with Crippen molar-refractivity contribution in [3.63, 3.8) is 0 Å². The lowest BCUT2D eigenvalue weighted by atomic mass is 10.6. The van der Waals surface area contributed by atoms with Gasteiger partial charge in [0, 0.05) is 20.1 Å². The molecule has 0 saturated heterocycles. The molecule has 0 aliphatic carbocycles. The van der Waals surface area contributed by atoms with Crippen molar-refractivity contribution in [2.24, 2.45) is 10.8 Å². The lowest BCUT2D eigenvalue weighted by molar-refractivity contribution is 0.412. The Kier molecular flexibility index (Phi) is 5.50. The summed E-state index contributed by atoms with van der Waals surface area (Å²) in [5.74, 6) is 5.76. The molecule has 0 unspecified atom stereocenters. The SMILES string of the molecule is CN=C(NN)NCCN(C)C. The van der Waals surface area contributed by atoms with Gasteiger partial charge >= 0.3 is 0 Å². The van der Waals surface area contributed by atoms with Crippen molar-refractivity contribution >= 4 is 5.96 Å². The Morgan fingerprint density at radius 3 is 2.55 bits per heavy atom. The second kappa shape index (κ2) is 5.94. The average molecular weight is 159 g/mol. The van der Waals surface area contributed by atoms with Gasteiger partial charge in [0.15, 0.2) is 0 Å².